The molecule has 0 heterocycles. The number of benzene rings is 1. The first-order valence-corrected chi connectivity index (χ1v) is 7.49. The smallest absolute Gasteiger partial charge is 0.291 e. The van der Waals surface area contributed by atoms with Gasteiger partial charge >= 0.3 is 0 Å². The molecule has 1 atom stereocenters. The summed E-state index contributed by atoms with van der Waals surface area (Å²) in [7, 11) is -3.98. The van der Waals surface area contributed by atoms with E-state index in [1.54, 1.807) is 6.92 Å². The number of nitrogens with one attached hydrogen (secondary N) is 1. The topological polar surface area (TPSA) is 115 Å². The van der Waals surface area contributed by atoms with E-state index in [9.17, 15) is 18.5 Å². The number of sulfonamides is 1. The Morgan fingerprint density at radius 3 is 2.35 bits per heavy atom. The molecule has 0 bridgehead atoms. The lowest BCUT2D eigenvalue weighted by molar-refractivity contribution is -0.387. The maximum Gasteiger partial charge on any atom is 0.291 e. The number of hydrogen-bond acceptors (Lipinski definition) is 5. The van der Waals surface area contributed by atoms with Crippen LogP contribution in [-0.2, 0) is 10.0 Å². The van der Waals surface area contributed by atoms with Crippen LogP contribution in [0.25, 0.3) is 0 Å². The van der Waals surface area contributed by atoms with Crippen molar-refractivity contribution in [1.82, 2.24) is 4.72 Å². The van der Waals surface area contributed by atoms with Crippen LogP contribution in [0.3, 0.4) is 0 Å². The SMILES string of the molecule is CC(NS(=O)(=O)c1ccc(N)cc1[N+](=O)[O-])C(C)(C)C. The lowest BCUT2D eigenvalue weighted by Crippen LogP contribution is -2.41. The second-order valence-electron chi connectivity index (χ2n) is 5.69. The summed E-state index contributed by atoms with van der Waals surface area (Å²) < 4.78 is 27.0. The van der Waals surface area contributed by atoms with E-state index in [0.29, 0.717) is 0 Å². The average Bonchev–Trinajstić information content (AvgIpc) is 2.26. The van der Waals surface area contributed by atoms with Crippen LogP contribution >= 0.6 is 0 Å². The lowest BCUT2D eigenvalue weighted by Gasteiger charge is -2.27. The Morgan fingerprint density at radius 1 is 1.35 bits per heavy atom. The third kappa shape index (κ3) is 3.67. The van der Waals surface area contributed by atoms with Gasteiger partial charge in [-0.1, -0.05) is 20.8 Å². The molecule has 1 aromatic carbocycles. The molecule has 0 spiro atoms. The van der Waals surface area contributed by atoms with Gasteiger partial charge in [0.1, 0.15) is 0 Å². The Labute approximate surface area is 118 Å². The molecular weight excluding hydrogens is 282 g/mol. The van der Waals surface area contributed by atoms with Gasteiger partial charge in [-0.15, -0.1) is 0 Å². The highest BCUT2D eigenvalue weighted by Crippen LogP contribution is 2.27. The molecule has 0 amide bonds. The van der Waals surface area contributed by atoms with Crippen molar-refractivity contribution in [2.75, 3.05) is 5.73 Å². The van der Waals surface area contributed by atoms with Gasteiger partial charge in [0.25, 0.3) is 5.69 Å². The van der Waals surface area contributed by atoms with E-state index in [1.807, 2.05) is 20.8 Å². The molecular formula is C12H19N3O4S. The van der Waals surface area contributed by atoms with E-state index < -0.39 is 20.6 Å². The second kappa shape index (κ2) is 5.37. The third-order valence-electron chi connectivity index (χ3n) is 3.10. The summed E-state index contributed by atoms with van der Waals surface area (Å²) in [5.74, 6) is 0. The molecule has 1 aromatic rings. The number of nitro groups is 1. The van der Waals surface area contributed by atoms with Crippen LogP contribution in [0.5, 0.6) is 0 Å². The summed E-state index contributed by atoms with van der Waals surface area (Å²) in [6, 6.07) is 3.12. The molecule has 0 aromatic heterocycles. The summed E-state index contributed by atoms with van der Waals surface area (Å²) in [5.41, 5.74) is 4.76. The van der Waals surface area contributed by atoms with Crippen LogP contribution in [0.2, 0.25) is 0 Å². The minimum atomic E-state index is -3.98. The number of rotatable bonds is 4. The molecule has 7 nitrogen and oxygen atoms in total. The van der Waals surface area contributed by atoms with Crippen LogP contribution in [-0.4, -0.2) is 19.4 Å². The number of nitrogens with zero attached hydrogens (tertiary/aromatic N) is 1. The van der Waals surface area contributed by atoms with Crippen molar-refractivity contribution in [3.63, 3.8) is 0 Å². The van der Waals surface area contributed by atoms with Gasteiger partial charge in [0.2, 0.25) is 10.0 Å². The monoisotopic (exact) mass is 301 g/mol. The number of nitrogens with two attached hydrogens (primary N) is 1. The normalized spacial score (nSPS) is 14.0. The van der Waals surface area contributed by atoms with Crippen molar-refractivity contribution in [2.45, 2.75) is 38.6 Å². The van der Waals surface area contributed by atoms with Gasteiger partial charge in [0, 0.05) is 17.8 Å². The molecule has 0 aliphatic rings. The third-order valence-corrected chi connectivity index (χ3v) is 4.69. The summed E-state index contributed by atoms with van der Waals surface area (Å²) in [6.45, 7) is 7.33. The summed E-state index contributed by atoms with van der Waals surface area (Å²) in [6.07, 6.45) is 0. The van der Waals surface area contributed by atoms with Gasteiger partial charge in [-0.25, -0.2) is 13.1 Å². The molecule has 0 radical (unpaired) electrons. The molecule has 8 heteroatoms. The van der Waals surface area contributed by atoms with Crippen LogP contribution in [0.4, 0.5) is 11.4 Å². The zero-order chi connectivity index (χ0) is 15.7. The largest absolute Gasteiger partial charge is 0.399 e. The Morgan fingerprint density at radius 2 is 1.90 bits per heavy atom. The van der Waals surface area contributed by atoms with E-state index >= 15 is 0 Å². The predicted molar refractivity (Wildman–Crippen MR) is 76.7 cm³/mol. The summed E-state index contributed by atoms with van der Waals surface area (Å²) in [4.78, 5) is 9.82. The second-order valence-corrected chi connectivity index (χ2v) is 7.38. The number of nitrogen functional groups attached to an aromatic ring is 1. The highest BCUT2D eigenvalue weighted by molar-refractivity contribution is 7.89. The number of nitro benzene ring substituents is 1. The molecule has 0 saturated heterocycles. The van der Waals surface area contributed by atoms with E-state index in [2.05, 4.69) is 4.72 Å². The van der Waals surface area contributed by atoms with Crippen molar-refractivity contribution in [2.24, 2.45) is 5.41 Å². The van der Waals surface area contributed by atoms with Gasteiger partial charge in [0.15, 0.2) is 4.90 Å². The Hall–Kier alpha value is -1.67. The maximum absolute atomic E-state index is 12.3. The Balaban J connectivity index is 3.27. The molecule has 0 aliphatic heterocycles. The van der Waals surface area contributed by atoms with E-state index in [4.69, 9.17) is 5.73 Å². The van der Waals surface area contributed by atoms with Gasteiger partial charge < -0.3 is 5.73 Å². The number of anilines is 1. The zero-order valence-electron chi connectivity index (χ0n) is 11.9. The fourth-order valence-electron chi connectivity index (χ4n) is 1.38. The molecule has 0 saturated carbocycles. The van der Waals surface area contributed by atoms with Crippen molar-refractivity contribution in [1.29, 1.82) is 0 Å². The first-order valence-electron chi connectivity index (χ1n) is 6.01. The predicted octanol–water partition coefficient (Wildman–Crippen LogP) is 1.89. The van der Waals surface area contributed by atoms with E-state index in [-0.39, 0.29) is 22.0 Å². The molecule has 20 heavy (non-hydrogen) atoms. The lowest BCUT2D eigenvalue weighted by atomic mass is 9.89. The highest BCUT2D eigenvalue weighted by Gasteiger charge is 2.30. The van der Waals surface area contributed by atoms with Gasteiger partial charge in [0.05, 0.1) is 4.92 Å². The van der Waals surface area contributed by atoms with Crippen LogP contribution in [0.15, 0.2) is 23.1 Å². The van der Waals surface area contributed by atoms with Crippen molar-refractivity contribution in [3.05, 3.63) is 28.3 Å². The quantitative estimate of drug-likeness (QED) is 0.500. The van der Waals surface area contributed by atoms with Gasteiger partial charge in [-0.2, -0.15) is 0 Å². The Kier molecular flexibility index (Phi) is 4.40. The fourth-order valence-corrected chi connectivity index (χ4v) is 2.98. The molecule has 0 aliphatic carbocycles. The van der Waals surface area contributed by atoms with Crippen molar-refractivity contribution in [3.8, 4) is 0 Å². The van der Waals surface area contributed by atoms with E-state index in [0.717, 1.165) is 12.1 Å². The van der Waals surface area contributed by atoms with Crippen molar-refractivity contribution >= 4 is 21.4 Å². The van der Waals surface area contributed by atoms with Crippen LogP contribution in [0.1, 0.15) is 27.7 Å². The first-order chi connectivity index (χ1) is 8.95. The Bertz CT molecular complexity index is 620. The van der Waals surface area contributed by atoms with E-state index in [1.165, 1.54) is 6.07 Å². The number of hydrogen-bond donors (Lipinski definition) is 2. The summed E-state index contributed by atoms with van der Waals surface area (Å²) >= 11 is 0. The average molecular weight is 301 g/mol. The molecule has 3 N–H and O–H groups in total. The summed E-state index contributed by atoms with van der Waals surface area (Å²) in [5, 5.41) is 11.0. The fraction of sp³-hybridized carbons (Fsp3) is 0.500. The zero-order valence-corrected chi connectivity index (χ0v) is 12.7. The minimum absolute atomic E-state index is 0.138. The standard InChI is InChI=1S/C12H19N3O4S/c1-8(12(2,3)4)14-20(18,19)11-6-5-9(13)7-10(11)15(16)17/h5-8,14H,13H2,1-4H3. The molecule has 0 fully saturated rings. The van der Waals surface area contributed by atoms with Crippen LogP contribution < -0.4 is 10.5 Å². The van der Waals surface area contributed by atoms with Crippen molar-refractivity contribution < 1.29 is 13.3 Å². The van der Waals surface area contributed by atoms with Gasteiger partial charge in [-0.3, -0.25) is 10.1 Å². The van der Waals surface area contributed by atoms with Gasteiger partial charge in [-0.05, 0) is 24.5 Å². The first kappa shape index (κ1) is 16.4. The highest BCUT2D eigenvalue weighted by atomic mass is 32.2. The molecule has 1 rings (SSSR count). The minimum Gasteiger partial charge on any atom is -0.399 e. The van der Waals surface area contributed by atoms with Crippen LogP contribution in [0, 0.1) is 15.5 Å². The maximum atomic E-state index is 12.3. The molecule has 1 unspecified atom stereocenters. The molecule has 112 valence electrons.